The van der Waals surface area contributed by atoms with Crippen LogP contribution >= 0.6 is 0 Å². The molecule has 2 nitrogen and oxygen atoms in total. The molecule has 20 heavy (non-hydrogen) atoms. The molecule has 0 bridgehead atoms. The van der Waals surface area contributed by atoms with E-state index in [1.165, 1.54) is 16.7 Å². The molecule has 0 aliphatic rings. The minimum atomic E-state index is -0.181. The maximum absolute atomic E-state index is 12.3. The normalized spacial score (nSPS) is 12.2. The highest BCUT2D eigenvalue weighted by Crippen LogP contribution is 2.08. The highest BCUT2D eigenvalue weighted by atomic mass is 16.1. The molecule has 0 radical (unpaired) electrons. The smallest absolute Gasteiger partial charge is 0.179 e. The van der Waals surface area contributed by atoms with Crippen LogP contribution in [0.5, 0.6) is 0 Å². The van der Waals surface area contributed by atoms with Gasteiger partial charge in [0, 0.05) is 12.1 Å². The molecule has 0 aromatic heterocycles. The van der Waals surface area contributed by atoms with Crippen LogP contribution in [0.15, 0.2) is 48.5 Å². The zero-order valence-corrected chi connectivity index (χ0v) is 12.3. The van der Waals surface area contributed by atoms with Crippen LogP contribution in [0.4, 0.5) is 0 Å². The fourth-order valence-electron chi connectivity index (χ4n) is 2.04. The maximum Gasteiger partial charge on any atom is 0.179 e. The SMILES string of the molecule is Cc1ccc(CNC(C)C(=O)c2ccc(C)cc2)cc1. The van der Waals surface area contributed by atoms with Gasteiger partial charge in [-0.2, -0.15) is 0 Å². The van der Waals surface area contributed by atoms with Crippen molar-refractivity contribution in [2.45, 2.75) is 33.4 Å². The second-order valence-corrected chi connectivity index (χ2v) is 5.32. The molecule has 0 aliphatic heterocycles. The average molecular weight is 267 g/mol. The van der Waals surface area contributed by atoms with Crippen LogP contribution in [-0.2, 0) is 6.54 Å². The van der Waals surface area contributed by atoms with Gasteiger partial charge >= 0.3 is 0 Å². The highest BCUT2D eigenvalue weighted by molar-refractivity contribution is 5.99. The Balaban J connectivity index is 1.94. The third-order valence-corrected chi connectivity index (χ3v) is 3.46. The summed E-state index contributed by atoms with van der Waals surface area (Å²) in [4.78, 5) is 12.3. The monoisotopic (exact) mass is 267 g/mol. The number of nitrogens with one attached hydrogen (secondary N) is 1. The molecule has 0 spiro atoms. The minimum absolute atomic E-state index is 0.136. The van der Waals surface area contributed by atoms with Crippen molar-refractivity contribution in [2.24, 2.45) is 0 Å². The summed E-state index contributed by atoms with van der Waals surface area (Å²) in [5.41, 5.74) is 4.37. The predicted octanol–water partition coefficient (Wildman–Crippen LogP) is 3.66. The van der Waals surface area contributed by atoms with E-state index in [0.29, 0.717) is 6.54 Å². The molecule has 0 fully saturated rings. The second kappa shape index (κ2) is 6.49. The first-order chi connectivity index (χ1) is 9.56. The molecule has 1 unspecified atom stereocenters. The van der Waals surface area contributed by atoms with E-state index in [2.05, 4.69) is 36.5 Å². The summed E-state index contributed by atoms with van der Waals surface area (Å²) >= 11 is 0. The molecule has 0 saturated carbocycles. The molecule has 0 saturated heterocycles. The molecule has 2 aromatic carbocycles. The lowest BCUT2D eigenvalue weighted by molar-refractivity contribution is 0.0950. The summed E-state index contributed by atoms with van der Waals surface area (Å²) in [5, 5.41) is 3.28. The average Bonchev–Trinajstić information content (AvgIpc) is 2.46. The Morgan fingerprint density at radius 2 is 1.45 bits per heavy atom. The lowest BCUT2D eigenvalue weighted by Crippen LogP contribution is -2.33. The summed E-state index contributed by atoms with van der Waals surface area (Å²) in [7, 11) is 0. The summed E-state index contributed by atoms with van der Waals surface area (Å²) in [6.45, 7) is 6.71. The van der Waals surface area contributed by atoms with E-state index in [-0.39, 0.29) is 11.8 Å². The summed E-state index contributed by atoms with van der Waals surface area (Å²) in [5.74, 6) is 0.136. The van der Waals surface area contributed by atoms with Crippen LogP contribution in [0.2, 0.25) is 0 Å². The zero-order chi connectivity index (χ0) is 14.5. The van der Waals surface area contributed by atoms with Crippen molar-refractivity contribution in [3.63, 3.8) is 0 Å². The third kappa shape index (κ3) is 3.78. The number of hydrogen-bond donors (Lipinski definition) is 1. The minimum Gasteiger partial charge on any atom is -0.303 e. The van der Waals surface area contributed by atoms with Crippen molar-refractivity contribution in [3.05, 3.63) is 70.8 Å². The van der Waals surface area contributed by atoms with E-state index in [9.17, 15) is 4.79 Å². The molecular weight excluding hydrogens is 246 g/mol. The third-order valence-electron chi connectivity index (χ3n) is 3.46. The van der Waals surface area contributed by atoms with Gasteiger partial charge in [-0.05, 0) is 26.3 Å². The summed E-state index contributed by atoms with van der Waals surface area (Å²) < 4.78 is 0. The van der Waals surface area contributed by atoms with Gasteiger partial charge in [-0.3, -0.25) is 4.79 Å². The topological polar surface area (TPSA) is 29.1 Å². The molecule has 0 amide bonds. The van der Waals surface area contributed by atoms with Gasteiger partial charge in [0.1, 0.15) is 0 Å². The van der Waals surface area contributed by atoms with E-state index in [4.69, 9.17) is 0 Å². The summed E-state index contributed by atoms with van der Waals surface area (Å²) in [6, 6.07) is 15.9. The molecule has 2 rings (SSSR count). The van der Waals surface area contributed by atoms with Gasteiger partial charge in [0.15, 0.2) is 5.78 Å². The number of aryl methyl sites for hydroxylation is 2. The van der Waals surface area contributed by atoms with Gasteiger partial charge < -0.3 is 5.32 Å². The largest absolute Gasteiger partial charge is 0.303 e. The van der Waals surface area contributed by atoms with E-state index >= 15 is 0 Å². The zero-order valence-electron chi connectivity index (χ0n) is 12.3. The number of carbonyl (C=O) groups excluding carboxylic acids is 1. The fraction of sp³-hybridized carbons (Fsp3) is 0.278. The van der Waals surface area contributed by atoms with E-state index in [1.807, 2.05) is 38.1 Å². The van der Waals surface area contributed by atoms with Crippen molar-refractivity contribution in [1.29, 1.82) is 0 Å². The Labute approximate surface area is 120 Å². The van der Waals surface area contributed by atoms with Gasteiger partial charge in [0.25, 0.3) is 0 Å². The van der Waals surface area contributed by atoms with Crippen LogP contribution in [0.3, 0.4) is 0 Å². The number of carbonyl (C=O) groups is 1. The number of ketones is 1. The first-order valence-corrected chi connectivity index (χ1v) is 6.96. The molecule has 1 atom stereocenters. The van der Waals surface area contributed by atoms with Crippen molar-refractivity contribution in [2.75, 3.05) is 0 Å². The first-order valence-electron chi connectivity index (χ1n) is 6.96. The lowest BCUT2D eigenvalue weighted by atomic mass is 10.0. The van der Waals surface area contributed by atoms with Gasteiger partial charge in [-0.15, -0.1) is 0 Å². The van der Waals surface area contributed by atoms with Crippen molar-refractivity contribution in [3.8, 4) is 0 Å². The maximum atomic E-state index is 12.3. The van der Waals surface area contributed by atoms with Crippen molar-refractivity contribution in [1.82, 2.24) is 5.32 Å². The molecule has 0 aliphatic carbocycles. The van der Waals surface area contributed by atoms with Gasteiger partial charge in [0.2, 0.25) is 0 Å². The second-order valence-electron chi connectivity index (χ2n) is 5.32. The number of rotatable bonds is 5. The van der Waals surface area contributed by atoms with Crippen LogP contribution in [-0.4, -0.2) is 11.8 Å². The standard InChI is InChI=1S/C18H21NO/c1-13-4-8-16(9-5-13)12-19-15(3)18(20)17-10-6-14(2)7-11-17/h4-11,15,19H,12H2,1-3H3. The number of benzene rings is 2. The highest BCUT2D eigenvalue weighted by Gasteiger charge is 2.14. The first kappa shape index (κ1) is 14.5. The number of Topliss-reactive ketones (excluding diaryl/α,β-unsaturated/α-hetero) is 1. The van der Waals surface area contributed by atoms with E-state index < -0.39 is 0 Å². The predicted molar refractivity (Wildman–Crippen MR) is 83.0 cm³/mol. The van der Waals surface area contributed by atoms with Gasteiger partial charge in [0.05, 0.1) is 6.04 Å². The van der Waals surface area contributed by atoms with Gasteiger partial charge in [-0.1, -0.05) is 59.7 Å². The lowest BCUT2D eigenvalue weighted by Gasteiger charge is -2.13. The molecule has 0 heterocycles. The Kier molecular flexibility index (Phi) is 4.70. The van der Waals surface area contributed by atoms with E-state index in [0.717, 1.165) is 5.56 Å². The fourth-order valence-corrected chi connectivity index (χ4v) is 2.04. The molecule has 2 heteroatoms. The van der Waals surface area contributed by atoms with Crippen molar-refractivity contribution < 1.29 is 4.79 Å². The molecule has 2 aromatic rings. The van der Waals surface area contributed by atoms with Crippen LogP contribution < -0.4 is 5.32 Å². The Hall–Kier alpha value is -1.93. The molecule has 1 N–H and O–H groups in total. The summed E-state index contributed by atoms with van der Waals surface area (Å²) in [6.07, 6.45) is 0. The van der Waals surface area contributed by atoms with Crippen LogP contribution in [0.25, 0.3) is 0 Å². The Bertz CT molecular complexity index is 569. The Morgan fingerprint density at radius 1 is 0.950 bits per heavy atom. The van der Waals surface area contributed by atoms with Gasteiger partial charge in [-0.25, -0.2) is 0 Å². The number of hydrogen-bond acceptors (Lipinski definition) is 2. The Morgan fingerprint density at radius 3 is 2.00 bits per heavy atom. The van der Waals surface area contributed by atoms with Crippen LogP contribution in [0.1, 0.15) is 34.0 Å². The van der Waals surface area contributed by atoms with Crippen molar-refractivity contribution >= 4 is 5.78 Å². The molecule has 104 valence electrons. The van der Waals surface area contributed by atoms with E-state index in [1.54, 1.807) is 0 Å². The molecular formula is C18H21NO. The van der Waals surface area contributed by atoms with Crippen LogP contribution in [0, 0.1) is 13.8 Å². The quantitative estimate of drug-likeness (QED) is 0.838.